The number of anilines is 1. The number of halogens is 1. The fraction of sp³-hybridized carbons (Fsp3) is 0.250. The van der Waals surface area contributed by atoms with Crippen molar-refractivity contribution in [2.75, 3.05) is 18.4 Å². The van der Waals surface area contributed by atoms with Gasteiger partial charge in [0.1, 0.15) is 11.5 Å². The molecule has 3 aromatic rings. The van der Waals surface area contributed by atoms with Crippen LogP contribution in [0.15, 0.2) is 65.1 Å². The average Bonchev–Trinajstić information content (AvgIpc) is 3.21. The first kappa shape index (κ1) is 20.2. The van der Waals surface area contributed by atoms with Crippen molar-refractivity contribution in [3.8, 4) is 11.3 Å². The molecule has 0 aliphatic carbocycles. The van der Waals surface area contributed by atoms with Gasteiger partial charge in [0.25, 0.3) is 5.91 Å². The first-order chi connectivity index (χ1) is 14.5. The zero-order valence-electron chi connectivity index (χ0n) is 16.7. The van der Waals surface area contributed by atoms with Gasteiger partial charge < -0.3 is 14.6 Å². The van der Waals surface area contributed by atoms with Crippen LogP contribution in [0, 0.1) is 12.8 Å². The van der Waals surface area contributed by atoms with Crippen LogP contribution in [0.5, 0.6) is 0 Å². The maximum absolute atomic E-state index is 13.1. The van der Waals surface area contributed by atoms with Crippen LogP contribution in [0.2, 0.25) is 5.02 Å². The number of carbonyl (C=O) groups is 2. The number of nitrogens with one attached hydrogen (secondary N) is 1. The minimum absolute atomic E-state index is 0.0656. The highest BCUT2D eigenvalue weighted by Gasteiger charge is 2.29. The first-order valence-electron chi connectivity index (χ1n) is 10.0. The van der Waals surface area contributed by atoms with E-state index in [0.717, 1.165) is 29.9 Å². The fourth-order valence-electron chi connectivity index (χ4n) is 3.73. The Balaban J connectivity index is 1.44. The predicted molar refractivity (Wildman–Crippen MR) is 118 cm³/mol. The molecule has 0 spiro atoms. The molecule has 4 rings (SSSR count). The van der Waals surface area contributed by atoms with Gasteiger partial charge in [0, 0.05) is 34.9 Å². The van der Waals surface area contributed by atoms with Crippen LogP contribution in [0.1, 0.15) is 29.0 Å². The van der Waals surface area contributed by atoms with Crippen molar-refractivity contribution in [1.29, 1.82) is 0 Å². The van der Waals surface area contributed by atoms with E-state index in [1.165, 1.54) is 0 Å². The van der Waals surface area contributed by atoms with Crippen molar-refractivity contribution in [2.24, 2.45) is 5.92 Å². The molecular weight excluding hydrogens is 400 g/mol. The number of likely N-dealkylation sites (tertiary alicyclic amines) is 1. The number of rotatable bonds is 4. The van der Waals surface area contributed by atoms with Gasteiger partial charge in [-0.05, 0) is 68.3 Å². The minimum Gasteiger partial charge on any atom is -0.461 e. The van der Waals surface area contributed by atoms with Crippen molar-refractivity contribution in [1.82, 2.24) is 4.90 Å². The first-order valence-corrected chi connectivity index (χ1v) is 10.4. The second-order valence-electron chi connectivity index (χ2n) is 7.58. The third-order valence-electron chi connectivity index (χ3n) is 5.33. The lowest BCUT2D eigenvalue weighted by atomic mass is 9.96. The van der Waals surface area contributed by atoms with Gasteiger partial charge in [-0.15, -0.1) is 0 Å². The number of nitrogens with zero attached hydrogens (tertiary/aromatic N) is 1. The van der Waals surface area contributed by atoms with Gasteiger partial charge in [-0.3, -0.25) is 9.59 Å². The van der Waals surface area contributed by atoms with Gasteiger partial charge >= 0.3 is 0 Å². The van der Waals surface area contributed by atoms with Crippen molar-refractivity contribution >= 4 is 29.1 Å². The summed E-state index contributed by atoms with van der Waals surface area (Å²) >= 11 is 5.90. The van der Waals surface area contributed by atoms with Crippen molar-refractivity contribution in [3.05, 3.63) is 77.0 Å². The monoisotopic (exact) mass is 422 g/mol. The van der Waals surface area contributed by atoms with Crippen LogP contribution < -0.4 is 5.32 Å². The number of furan rings is 1. The normalized spacial score (nSPS) is 16.3. The molecule has 30 heavy (non-hydrogen) atoms. The SMILES string of the molecule is Cc1ccc(-c2cccc(C(=O)N3CCCC(C(=O)Nc4ccc(Cl)cc4)C3)c2)o1. The smallest absolute Gasteiger partial charge is 0.253 e. The molecule has 0 saturated carbocycles. The van der Waals surface area contributed by atoms with E-state index in [4.69, 9.17) is 16.0 Å². The van der Waals surface area contributed by atoms with E-state index in [1.807, 2.05) is 37.3 Å². The molecule has 0 bridgehead atoms. The summed E-state index contributed by atoms with van der Waals surface area (Å²) < 4.78 is 5.68. The zero-order valence-corrected chi connectivity index (χ0v) is 17.5. The molecule has 5 nitrogen and oxygen atoms in total. The highest BCUT2D eigenvalue weighted by molar-refractivity contribution is 6.30. The van der Waals surface area contributed by atoms with E-state index < -0.39 is 0 Å². The number of aryl methyl sites for hydroxylation is 1. The Labute approximate surface area is 180 Å². The van der Waals surface area contributed by atoms with E-state index in [-0.39, 0.29) is 17.7 Å². The summed E-state index contributed by atoms with van der Waals surface area (Å²) in [5.41, 5.74) is 2.16. The number of hydrogen-bond acceptors (Lipinski definition) is 3. The summed E-state index contributed by atoms with van der Waals surface area (Å²) in [5, 5.41) is 3.54. The molecule has 154 valence electrons. The molecule has 2 aromatic carbocycles. The van der Waals surface area contributed by atoms with Crippen LogP contribution in [0.25, 0.3) is 11.3 Å². The third kappa shape index (κ3) is 4.57. The lowest BCUT2D eigenvalue weighted by molar-refractivity contribution is -0.121. The second kappa shape index (κ2) is 8.76. The molecule has 0 radical (unpaired) electrons. The quantitative estimate of drug-likeness (QED) is 0.612. The van der Waals surface area contributed by atoms with Crippen LogP contribution in [0.4, 0.5) is 5.69 Å². The molecule has 1 aromatic heterocycles. The Kier molecular flexibility index (Phi) is 5.91. The van der Waals surface area contributed by atoms with Crippen molar-refractivity contribution in [2.45, 2.75) is 19.8 Å². The zero-order chi connectivity index (χ0) is 21.1. The molecule has 2 heterocycles. The Morgan fingerprint density at radius 1 is 1.10 bits per heavy atom. The summed E-state index contributed by atoms with van der Waals surface area (Å²) in [6.45, 7) is 2.94. The fourth-order valence-corrected chi connectivity index (χ4v) is 3.86. The molecular formula is C24H23ClN2O3. The maximum atomic E-state index is 13.1. The van der Waals surface area contributed by atoms with Crippen LogP contribution in [-0.2, 0) is 4.79 Å². The summed E-state index contributed by atoms with van der Waals surface area (Å²) in [6, 6.07) is 18.2. The van der Waals surface area contributed by atoms with Crippen molar-refractivity contribution < 1.29 is 14.0 Å². The van der Waals surface area contributed by atoms with Gasteiger partial charge in [0.15, 0.2) is 0 Å². The lowest BCUT2D eigenvalue weighted by Crippen LogP contribution is -2.43. The molecule has 1 N–H and O–H groups in total. The van der Waals surface area contributed by atoms with Gasteiger partial charge in [0.2, 0.25) is 5.91 Å². The molecule has 1 atom stereocenters. The summed E-state index contributed by atoms with van der Waals surface area (Å²) in [4.78, 5) is 27.6. The molecule has 6 heteroatoms. The standard InChI is InChI=1S/C24H23ClN2O3/c1-16-7-12-22(30-16)17-4-2-5-18(14-17)24(29)27-13-3-6-19(15-27)23(28)26-21-10-8-20(25)9-11-21/h2,4-5,7-12,14,19H,3,6,13,15H2,1H3,(H,26,28). The number of carbonyl (C=O) groups excluding carboxylic acids is 2. The topological polar surface area (TPSA) is 62.6 Å². The van der Waals surface area contributed by atoms with Gasteiger partial charge in [-0.2, -0.15) is 0 Å². The van der Waals surface area contributed by atoms with Crippen LogP contribution >= 0.6 is 11.6 Å². The third-order valence-corrected chi connectivity index (χ3v) is 5.58. The highest BCUT2D eigenvalue weighted by atomic mass is 35.5. The number of hydrogen-bond donors (Lipinski definition) is 1. The number of piperidine rings is 1. The maximum Gasteiger partial charge on any atom is 0.253 e. The van der Waals surface area contributed by atoms with Crippen molar-refractivity contribution in [3.63, 3.8) is 0 Å². The number of benzene rings is 2. The van der Waals surface area contributed by atoms with Crippen LogP contribution in [0.3, 0.4) is 0 Å². The van der Waals surface area contributed by atoms with E-state index in [2.05, 4.69) is 5.32 Å². The molecule has 1 unspecified atom stereocenters. The number of amides is 2. The van der Waals surface area contributed by atoms with Gasteiger partial charge in [0.05, 0.1) is 5.92 Å². The minimum atomic E-state index is -0.241. The van der Waals surface area contributed by atoms with E-state index in [0.29, 0.717) is 29.4 Å². The summed E-state index contributed by atoms with van der Waals surface area (Å²) in [6.07, 6.45) is 1.55. The molecule has 1 saturated heterocycles. The molecule has 1 aliphatic heterocycles. The Bertz CT molecular complexity index is 1060. The molecule has 1 fully saturated rings. The molecule has 2 amide bonds. The second-order valence-corrected chi connectivity index (χ2v) is 8.01. The Hall–Kier alpha value is -3.05. The molecule has 1 aliphatic rings. The van der Waals surface area contributed by atoms with Crippen LogP contribution in [-0.4, -0.2) is 29.8 Å². The highest BCUT2D eigenvalue weighted by Crippen LogP contribution is 2.25. The van der Waals surface area contributed by atoms with E-state index >= 15 is 0 Å². The average molecular weight is 423 g/mol. The Morgan fingerprint density at radius 3 is 2.63 bits per heavy atom. The summed E-state index contributed by atoms with van der Waals surface area (Å²) in [5.74, 6) is 1.18. The van der Waals surface area contributed by atoms with E-state index in [9.17, 15) is 9.59 Å². The largest absolute Gasteiger partial charge is 0.461 e. The van der Waals surface area contributed by atoms with Gasteiger partial charge in [-0.25, -0.2) is 0 Å². The Morgan fingerprint density at radius 2 is 1.90 bits per heavy atom. The summed E-state index contributed by atoms with van der Waals surface area (Å²) in [7, 11) is 0. The van der Waals surface area contributed by atoms with E-state index in [1.54, 1.807) is 35.2 Å². The van der Waals surface area contributed by atoms with Gasteiger partial charge in [-0.1, -0.05) is 23.7 Å². The predicted octanol–water partition coefficient (Wildman–Crippen LogP) is 5.40. The lowest BCUT2D eigenvalue weighted by Gasteiger charge is -2.32.